The van der Waals surface area contributed by atoms with E-state index in [0.29, 0.717) is 0 Å². The molecule has 0 bridgehead atoms. The van der Waals surface area contributed by atoms with Gasteiger partial charge in [-0.1, -0.05) is 56.9 Å². The Labute approximate surface area is 99.5 Å². The Bertz CT molecular complexity index is 274. The molecule has 1 atom stereocenters. The van der Waals surface area contributed by atoms with Gasteiger partial charge in [-0.05, 0) is 30.9 Å². The summed E-state index contributed by atoms with van der Waals surface area (Å²) in [6, 6.07) is 8.35. The van der Waals surface area contributed by atoms with Gasteiger partial charge in [0, 0.05) is 0 Å². The molecule has 1 nitrogen and oxygen atoms in total. The van der Waals surface area contributed by atoms with E-state index in [1.165, 1.54) is 44.1 Å². The average molecular weight is 220 g/mol. The highest BCUT2D eigenvalue weighted by molar-refractivity contribution is 5.23. The second kappa shape index (κ2) is 7.45. The second-order valence-electron chi connectivity index (χ2n) is 4.58. The number of aryl methyl sites for hydroxylation is 1. The van der Waals surface area contributed by atoms with Crippen LogP contribution >= 0.6 is 0 Å². The number of aliphatic hydroxyl groups excluding tert-OH is 1. The molecule has 1 heteroatoms. The van der Waals surface area contributed by atoms with Gasteiger partial charge in [0.25, 0.3) is 0 Å². The second-order valence-corrected chi connectivity index (χ2v) is 4.58. The molecule has 16 heavy (non-hydrogen) atoms. The Morgan fingerprint density at radius 2 is 1.62 bits per heavy atom. The summed E-state index contributed by atoms with van der Waals surface area (Å²) in [5.41, 5.74) is 2.40. The highest BCUT2D eigenvalue weighted by Crippen LogP contribution is 2.14. The molecule has 1 aromatic rings. The fourth-order valence-electron chi connectivity index (χ4n) is 1.90. The van der Waals surface area contributed by atoms with Crippen molar-refractivity contribution in [1.29, 1.82) is 0 Å². The minimum atomic E-state index is -0.349. The largest absolute Gasteiger partial charge is 0.389 e. The molecule has 0 aromatic heterocycles. The van der Waals surface area contributed by atoms with Gasteiger partial charge in [-0.3, -0.25) is 0 Å². The van der Waals surface area contributed by atoms with Gasteiger partial charge < -0.3 is 5.11 Å². The lowest BCUT2D eigenvalue weighted by molar-refractivity contribution is 0.199. The van der Waals surface area contributed by atoms with E-state index < -0.39 is 0 Å². The van der Waals surface area contributed by atoms with Gasteiger partial charge in [-0.2, -0.15) is 0 Å². The number of benzene rings is 1. The van der Waals surface area contributed by atoms with Gasteiger partial charge >= 0.3 is 0 Å². The molecule has 1 aromatic carbocycles. The van der Waals surface area contributed by atoms with E-state index >= 15 is 0 Å². The minimum Gasteiger partial charge on any atom is -0.389 e. The zero-order valence-electron chi connectivity index (χ0n) is 10.6. The van der Waals surface area contributed by atoms with Crippen LogP contribution in [0.3, 0.4) is 0 Å². The Hall–Kier alpha value is -0.820. The predicted molar refractivity (Wildman–Crippen MR) is 69.5 cm³/mol. The molecule has 90 valence electrons. The molecule has 0 aliphatic heterocycles. The molecular formula is C15H24O. The van der Waals surface area contributed by atoms with Gasteiger partial charge in [0.2, 0.25) is 0 Å². The first-order chi connectivity index (χ1) is 7.74. The van der Waals surface area contributed by atoms with Crippen LogP contribution in [0.2, 0.25) is 0 Å². The lowest BCUT2D eigenvalue weighted by Crippen LogP contribution is -1.92. The Balaban J connectivity index is 2.27. The Kier molecular flexibility index (Phi) is 6.17. The van der Waals surface area contributed by atoms with Crippen LogP contribution in [0.5, 0.6) is 0 Å². The summed E-state index contributed by atoms with van der Waals surface area (Å²) in [7, 11) is 0. The predicted octanol–water partition coefficient (Wildman–Crippen LogP) is 4.25. The molecule has 0 aliphatic rings. The maximum absolute atomic E-state index is 9.39. The first kappa shape index (κ1) is 13.2. The summed E-state index contributed by atoms with van der Waals surface area (Å²) in [6.07, 6.45) is 7.48. The lowest BCUT2D eigenvalue weighted by atomic mass is 10.0. The first-order valence-corrected chi connectivity index (χ1v) is 6.51. The van der Waals surface area contributed by atoms with Crippen molar-refractivity contribution in [1.82, 2.24) is 0 Å². The highest BCUT2D eigenvalue weighted by atomic mass is 16.3. The van der Waals surface area contributed by atoms with Crippen molar-refractivity contribution in [2.75, 3.05) is 0 Å². The SMILES string of the molecule is CCCCCCCc1ccc(C(C)O)cc1. The molecule has 0 saturated carbocycles. The van der Waals surface area contributed by atoms with E-state index in [-0.39, 0.29) is 6.10 Å². The van der Waals surface area contributed by atoms with Crippen LogP contribution < -0.4 is 0 Å². The quantitative estimate of drug-likeness (QED) is 0.681. The van der Waals surface area contributed by atoms with Crippen LogP contribution in [0.15, 0.2) is 24.3 Å². The fraction of sp³-hybridized carbons (Fsp3) is 0.600. The zero-order chi connectivity index (χ0) is 11.8. The average Bonchev–Trinajstić information content (AvgIpc) is 2.29. The summed E-state index contributed by atoms with van der Waals surface area (Å²) in [4.78, 5) is 0. The molecule has 0 radical (unpaired) electrons. The van der Waals surface area contributed by atoms with Gasteiger partial charge in [-0.15, -0.1) is 0 Å². The van der Waals surface area contributed by atoms with Crippen LogP contribution in [-0.2, 0) is 6.42 Å². The molecule has 0 heterocycles. The normalized spacial score (nSPS) is 12.7. The maximum Gasteiger partial charge on any atom is 0.0761 e. The molecule has 0 saturated heterocycles. The summed E-state index contributed by atoms with van der Waals surface area (Å²) in [5, 5.41) is 9.39. The van der Waals surface area contributed by atoms with Gasteiger partial charge in [-0.25, -0.2) is 0 Å². The van der Waals surface area contributed by atoms with E-state index in [9.17, 15) is 5.11 Å². The van der Waals surface area contributed by atoms with Crippen molar-refractivity contribution in [2.45, 2.75) is 58.5 Å². The summed E-state index contributed by atoms with van der Waals surface area (Å²) in [5.74, 6) is 0. The third-order valence-corrected chi connectivity index (χ3v) is 3.03. The van der Waals surface area contributed by atoms with Crippen molar-refractivity contribution < 1.29 is 5.11 Å². The Morgan fingerprint density at radius 3 is 2.19 bits per heavy atom. The zero-order valence-corrected chi connectivity index (χ0v) is 10.6. The molecule has 0 fully saturated rings. The van der Waals surface area contributed by atoms with Crippen molar-refractivity contribution in [3.63, 3.8) is 0 Å². The van der Waals surface area contributed by atoms with Crippen molar-refractivity contribution in [3.8, 4) is 0 Å². The number of aliphatic hydroxyl groups is 1. The minimum absolute atomic E-state index is 0.349. The monoisotopic (exact) mass is 220 g/mol. The van der Waals surface area contributed by atoms with Crippen molar-refractivity contribution in [3.05, 3.63) is 35.4 Å². The van der Waals surface area contributed by atoms with Crippen LogP contribution in [0.1, 0.15) is 63.2 Å². The molecule has 1 unspecified atom stereocenters. The van der Waals surface area contributed by atoms with Crippen LogP contribution in [-0.4, -0.2) is 5.11 Å². The van der Waals surface area contributed by atoms with E-state index in [1.54, 1.807) is 6.92 Å². The van der Waals surface area contributed by atoms with Crippen LogP contribution in [0.25, 0.3) is 0 Å². The maximum atomic E-state index is 9.39. The van der Waals surface area contributed by atoms with Crippen LogP contribution in [0.4, 0.5) is 0 Å². The van der Waals surface area contributed by atoms with E-state index in [2.05, 4.69) is 19.1 Å². The van der Waals surface area contributed by atoms with E-state index in [0.717, 1.165) is 5.56 Å². The van der Waals surface area contributed by atoms with E-state index in [1.807, 2.05) is 12.1 Å². The summed E-state index contributed by atoms with van der Waals surface area (Å²) < 4.78 is 0. The molecule has 1 N–H and O–H groups in total. The third-order valence-electron chi connectivity index (χ3n) is 3.03. The first-order valence-electron chi connectivity index (χ1n) is 6.51. The van der Waals surface area contributed by atoms with Gasteiger partial charge in [0.1, 0.15) is 0 Å². The molecular weight excluding hydrogens is 196 g/mol. The number of unbranched alkanes of at least 4 members (excludes halogenated alkanes) is 4. The standard InChI is InChI=1S/C15H24O/c1-3-4-5-6-7-8-14-9-11-15(12-10-14)13(2)16/h9-13,16H,3-8H2,1-2H3. The highest BCUT2D eigenvalue weighted by Gasteiger charge is 2.00. The molecule has 1 rings (SSSR count). The smallest absolute Gasteiger partial charge is 0.0761 e. The molecule has 0 spiro atoms. The summed E-state index contributed by atoms with van der Waals surface area (Å²) >= 11 is 0. The van der Waals surface area contributed by atoms with Gasteiger partial charge in [0.15, 0.2) is 0 Å². The molecule has 0 aliphatic carbocycles. The summed E-state index contributed by atoms with van der Waals surface area (Å²) in [6.45, 7) is 4.05. The fourth-order valence-corrected chi connectivity index (χ4v) is 1.90. The number of rotatable bonds is 7. The number of hydrogen-bond donors (Lipinski definition) is 1. The Morgan fingerprint density at radius 1 is 1.00 bits per heavy atom. The van der Waals surface area contributed by atoms with Crippen molar-refractivity contribution in [2.24, 2.45) is 0 Å². The van der Waals surface area contributed by atoms with Crippen LogP contribution in [0, 0.1) is 0 Å². The number of hydrogen-bond acceptors (Lipinski definition) is 1. The topological polar surface area (TPSA) is 20.2 Å². The third kappa shape index (κ3) is 4.80. The lowest BCUT2D eigenvalue weighted by Gasteiger charge is -2.06. The van der Waals surface area contributed by atoms with Gasteiger partial charge in [0.05, 0.1) is 6.10 Å². The van der Waals surface area contributed by atoms with E-state index in [4.69, 9.17) is 0 Å². The van der Waals surface area contributed by atoms with Crippen molar-refractivity contribution >= 4 is 0 Å². The molecule has 0 amide bonds.